The van der Waals surface area contributed by atoms with Gasteiger partial charge in [0.1, 0.15) is 0 Å². The molecule has 0 saturated carbocycles. The normalized spacial score (nSPS) is 21.1. The van der Waals surface area contributed by atoms with Crippen molar-refractivity contribution in [3.63, 3.8) is 0 Å². The van der Waals surface area contributed by atoms with E-state index in [1.54, 1.807) is 30.3 Å². The Hall–Kier alpha value is -3.59. The minimum absolute atomic E-state index is 0.270. The number of Topliss-reactive ketones (excluding diaryl/α,β-unsaturated/α-hetero) is 1. The molecular weight excluding hydrogens is 396 g/mol. The highest BCUT2D eigenvalue weighted by Gasteiger charge is 2.47. The number of benzene rings is 2. The standard InChI is InChI=1S/C20H14N2O6S/c23-18-10-9-17-19(20(18)24)16(13-5-2-1-3-6-13)12-21(17)29(27,28)15-8-4-7-14(11-15)22(25)26/h1-12,17,19H. The van der Waals surface area contributed by atoms with E-state index < -0.39 is 38.5 Å². The molecule has 1 aliphatic heterocycles. The molecule has 2 aliphatic rings. The molecule has 146 valence electrons. The fourth-order valence-electron chi connectivity index (χ4n) is 3.54. The molecule has 0 N–H and O–H groups in total. The molecule has 0 fully saturated rings. The SMILES string of the molecule is O=C1C=CC2C(C1=O)C(c1ccccc1)=CN2S(=O)(=O)c1cccc([N+](=O)[O-])c1. The Labute approximate surface area is 166 Å². The Morgan fingerprint density at radius 3 is 2.41 bits per heavy atom. The maximum atomic E-state index is 13.3. The van der Waals surface area contributed by atoms with Gasteiger partial charge in [0.15, 0.2) is 0 Å². The Bertz CT molecular complexity index is 1200. The Balaban J connectivity index is 1.86. The van der Waals surface area contributed by atoms with Crippen LogP contribution in [0.4, 0.5) is 5.69 Å². The van der Waals surface area contributed by atoms with E-state index in [0.29, 0.717) is 11.1 Å². The van der Waals surface area contributed by atoms with E-state index in [2.05, 4.69) is 0 Å². The minimum Gasteiger partial charge on any atom is -0.290 e. The van der Waals surface area contributed by atoms with Crippen molar-refractivity contribution in [2.75, 3.05) is 0 Å². The summed E-state index contributed by atoms with van der Waals surface area (Å²) in [6.07, 6.45) is 3.79. The van der Waals surface area contributed by atoms with Crippen LogP contribution in [0.15, 0.2) is 77.8 Å². The number of rotatable bonds is 4. The van der Waals surface area contributed by atoms with Crippen molar-refractivity contribution >= 4 is 32.9 Å². The number of hydrogen-bond acceptors (Lipinski definition) is 6. The highest BCUT2D eigenvalue weighted by atomic mass is 32.2. The van der Waals surface area contributed by atoms with Gasteiger partial charge in [0.05, 0.1) is 21.8 Å². The highest BCUT2D eigenvalue weighted by molar-refractivity contribution is 7.89. The third-order valence-corrected chi connectivity index (χ3v) is 6.67. The Morgan fingerprint density at radius 1 is 1.00 bits per heavy atom. The number of fused-ring (bicyclic) bond motifs is 1. The van der Waals surface area contributed by atoms with Gasteiger partial charge in [-0.05, 0) is 23.3 Å². The van der Waals surface area contributed by atoms with Gasteiger partial charge in [0.2, 0.25) is 11.6 Å². The van der Waals surface area contributed by atoms with E-state index >= 15 is 0 Å². The van der Waals surface area contributed by atoms with E-state index in [4.69, 9.17) is 0 Å². The first-order valence-corrected chi connectivity index (χ1v) is 10.1. The zero-order valence-electron chi connectivity index (χ0n) is 14.8. The summed E-state index contributed by atoms with van der Waals surface area (Å²) in [5.74, 6) is -2.35. The molecule has 1 aliphatic carbocycles. The van der Waals surface area contributed by atoms with Crippen molar-refractivity contribution in [1.82, 2.24) is 4.31 Å². The van der Waals surface area contributed by atoms with E-state index in [9.17, 15) is 28.1 Å². The molecule has 1 heterocycles. The molecule has 0 saturated heterocycles. The predicted octanol–water partition coefficient (Wildman–Crippen LogP) is 2.33. The first kappa shape index (κ1) is 18.8. The number of carbonyl (C=O) groups excluding carboxylic acids is 2. The first-order chi connectivity index (χ1) is 13.8. The van der Waals surface area contributed by atoms with Crippen LogP contribution in [0.25, 0.3) is 5.57 Å². The van der Waals surface area contributed by atoms with Crippen molar-refractivity contribution in [2.24, 2.45) is 5.92 Å². The van der Waals surface area contributed by atoms with Crippen LogP contribution in [0.5, 0.6) is 0 Å². The molecular formula is C20H14N2O6S. The van der Waals surface area contributed by atoms with Crippen molar-refractivity contribution in [3.8, 4) is 0 Å². The molecule has 2 unspecified atom stereocenters. The second-order valence-corrected chi connectivity index (χ2v) is 8.44. The number of carbonyl (C=O) groups is 2. The highest BCUT2D eigenvalue weighted by Crippen LogP contribution is 2.41. The van der Waals surface area contributed by atoms with Crippen LogP contribution >= 0.6 is 0 Å². The van der Waals surface area contributed by atoms with Crippen LogP contribution in [-0.4, -0.2) is 35.3 Å². The summed E-state index contributed by atoms with van der Waals surface area (Å²) in [6.45, 7) is 0. The molecule has 4 rings (SSSR count). The molecule has 0 bridgehead atoms. The van der Waals surface area contributed by atoms with Gasteiger partial charge < -0.3 is 0 Å². The third-order valence-electron chi connectivity index (χ3n) is 4.92. The average molecular weight is 410 g/mol. The van der Waals surface area contributed by atoms with Gasteiger partial charge in [-0.15, -0.1) is 0 Å². The zero-order chi connectivity index (χ0) is 20.8. The fraction of sp³-hybridized carbons (Fsp3) is 0.100. The maximum absolute atomic E-state index is 13.3. The van der Waals surface area contributed by atoms with Gasteiger partial charge in [-0.2, -0.15) is 0 Å². The molecule has 29 heavy (non-hydrogen) atoms. The topological polar surface area (TPSA) is 115 Å². The molecule has 8 nitrogen and oxygen atoms in total. The lowest BCUT2D eigenvalue weighted by atomic mass is 9.82. The van der Waals surface area contributed by atoms with Crippen molar-refractivity contribution in [1.29, 1.82) is 0 Å². The first-order valence-electron chi connectivity index (χ1n) is 8.62. The number of non-ortho nitro benzene ring substituents is 1. The number of ketones is 2. The van der Waals surface area contributed by atoms with Crippen LogP contribution < -0.4 is 0 Å². The van der Waals surface area contributed by atoms with E-state index in [1.165, 1.54) is 30.5 Å². The summed E-state index contributed by atoms with van der Waals surface area (Å²) in [5.41, 5.74) is 0.669. The van der Waals surface area contributed by atoms with E-state index in [0.717, 1.165) is 16.4 Å². The Morgan fingerprint density at radius 2 is 1.72 bits per heavy atom. The molecule has 0 aromatic heterocycles. The Kier molecular flexibility index (Phi) is 4.39. The van der Waals surface area contributed by atoms with Crippen LogP contribution in [0.2, 0.25) is 0 Å². The second-order valence-electron chi connectivity index (χ2n) is 6.60. The lowest BCUT2D eigenvalue weighted by Crippen LogP contribution is -2.42. The summed E-state index contributed by atoms with van der Waals surface area (Å²) in [5, 5.41) is 11.0. The largest absolute Gasteiger partial charge is 0.290 e. The van der Waals surface area contributed by atoms with Gasteiger partial charge in [-0.25, -0.2) is 8.42 Å². The van der Waals surface area contributed by atoms with Gasteiger partial charge in [0.25, 0.3) is 15.7 Å². The van der Waals surface area contributed by atoms with Gasteiger partial charge in [-0.1, -0.05) is 42.5 Å². The van der Waals surface area contributed by atoms with Crippen molar-refractivity contribution in [2.45, 2.75) is 10.9 Å². The molecule has 2 aromatic carbocycles. The number of hydrogen-bond donors (Lipinski definition) is 0. The quantitative estimate of drug-likeness (QED) is 0.434. The molecule has 0 spiro atoms. The number of nitro groups is 1. The molecule has 0 radical (unpaired) electrons. The summed E-state index contributed by atoms with van der Waals surface area (Å²) in [6, 6.07) is 12.5. The van der Waals surface area contributed by atoms with Gasteiger partial charge >= 0.3 is 0 Å². The number of nitro benzene ring substituents is 1. The maximum Gasteiger partial charge on any atom is 0.270 e. The average Bonchev–Trinajstić information content (AvgIpc) is 3.12. The zero-order valence-corrected chi connectivity index (χ0v) is 15.7. The monoisotopic (exact) mass is 410 g/mol. The molecule has 2 atom stereocenters. The van der Waals surface area contributed by atoms with Crippen LogP contribution in [0.1, 0.15) is 5.56 Å². The number of allylic oxidation sites excluding steroid dienone is 1. The van der Waals surface area contributed by atoms with Crippen LogP contribution in [-0.2, 0) is 19.6 Å². The van der Waals surface area contributed by atoms with Crippen molar-refractivity contribution in [3.05, 3.63) is 88.6 Å². The lowest BCUT2D eigenvalue weighted by Gasteiger charge is -2.28. The van der Waals surface area contributed by atoms with Crippen LogP contribution in [0.3, 0.4) is 0 Å². The fourth-order valence-corrected chi connectivity index (χ4v) is 5.07. The molecule has 2 aromatic rings. The minimum atomic E-state index is -4.21. The second kappa shape index (κ2) is 6.78. The molecule has 0 amide bonds. The van der Waals surface area contributed by atoms with Gasteiger partial charge in [-0.3, -0.25) is 24.0 Å². The summed E-state index contributed by atoms with van der Waals surface area (Å²) in [4.78, 5) is 34.6. The van der Waals surface area contributed by atoms with Gasteiger partial charge in [0, 0.05) is 18.3 Å². The predicted molar refractivity (Wildman–Crippen MR) is 103 cm³/mol. The summed E-state index contributed by atoms with van der Waals surface area (Å²) in [7, 11) is -4.21. The summed E-state index contributed by atoms with van der Waals surface area (Å²) >= 11 is 0. The van der Waals surface area contributed by atoms with E-state index in [1.807, 2.05) is 0 Å². The number of nitrogens with zero attached hydrogens (tertiary/aromatic N) is 2. The third kappa shape index (κ3) is 3.05. The van der Waals surface area contributed by atoms with E-state index in [-0.39, 0.29) is 10.6 Å². The van der Waals surface area contributed by atoms with Crippen LogP contribution in [0, 0.1) is 16.0 Å². The summed E-state index contributed by atoms with van der Waals surface area (Å²) < 4.78 is 27.5. The smallest absolute Gasteiger partial charge is 0.270 e. The lowest BCUT2D eigenvalue weighted by molar-refractivity contribution is -0.385. The number of sulfonamides is 1. The molecule has 9 heteroatoms. The van der Waals surface area contributed by atoms with Crippen molar-refractivity contribution < 1.29 is 22.9 Å².